The first-order chi connectivity index (χ1) is 8.20. The maximum Gasteiger partial charge on any atom is 0.242 e. The topological polar surface area (TPSA) is 90.9 Å². The van der Waals surface area contributed by atoms with Crippen LogP contribution in [0.3, 0.4) is 0 Å². The second kappa shape index (κ2) is 4.69. The molecule has 0 radical (unpaired) electrons. The summed E-state index contributed by atoms with van der Waals surface area (Å²) in [6, 6.07) is 5.63. The molecule has 0 amide bonds. The molecule has 1 heterocycles. The standard InChI is InChI=1S/C10H14N6O/c1-16-10(13-14-15-16)12-6-7-3-4-9(17-2)8(11)5-7/h3-5H,6,11H2,1-2H3,(H,12,13,15). The van der Waals surface area contributed by atoms with Gasteiger partial charge in [0.1, 0.15) is 5.75 Å². The molecule has 0 bridgehead atoms. The van der Waals surface area contributed by atoms with E-state index in [9.17, 15) is 0 Å². The van der Waals surface area contributed by atoms with Gasteiger partial charge in [0.2, 0.25) is 5.95 Å². The zero-order valence-corrected chi connectivity index (χ0v) is 9.71. The molecule has 0 saturated heterocycles. The molecule has 2 rings (SSSR count). The van der Waals surface area contributed by atoms with Gasteiger partial charge in [0.05, 0.1) is 12.8 Å². The predicted octanol–water partition coefficient (Wildman–Crippen LogP) is 0.413. The van der Waals surface area contributed by atoms with E-state index in [1.165, 1.54) is 0 Å². The molecule has 0 unspecified atom stereocenters. The summed E-state index contributed by atoms with van der Waals surface area (Å²) in [5.74, 6) is 1.29. The Morgan fingerprint density at radius 2 is 2.29 bits per heavy atom. The highest BCUT2D eigenvalue weighted by atomic mass is 16.5. The minimum atomic E-state index is 0.600. The van der Waals surface area contributed by atoms with Crippen molar-refractivity contribution in [3.05, 3.63) is 23.8 Å². The fourth-order valence-corrected chi connectivity index (χ4v) is 1.45. The third-order valence-electron chi connectivity index (χ3n) is 2.36. The Labute approximate surface area is 98.6 Å². The first-order valence-electron chi connectivity index (χ1n) is 5.09. The number of hydrogen-bond acceptors (Lipinski definition) is 6. The number of anilines is 2. The van der Waals surface area contributed by atoms with E-state index in [0.717, 1.165) is 5.56 Å². The van der Waals surface area contributed by atoms with Crippen LogP contribution in [0, 0.1) is 0 Å². The summed E-state index contributed by atoms with van der Waals surface area (Å²) in [7, 11) is 3.36. The van der Waals surface area contributed by atoms with Gasteiger partial charge in [-0.25, -0.2) is 4.68 Å². The zero-order chi connectivity index (χ0) is 12.3. The average Bonchev–Trinajstić information content (AvgIpc) is 2.72. The summed E-state index contributed by atoms with van der Waals surface area (Å²) in [6.07, 6.45) is 0. The lowest BCUT2D eigenvalue weighted by Gasteiger charge is -2.08. The molecule has 0 aliphatic carbocycles. The normalized spacial score (nSPS) is 10.2. The molecule has 3 N–H and O–H groups in total. The van der Waals surface area contributed by atoms with Crippen molar-refractivity contribution >= 4 is 11.6 Å². The van der Waals surface area contributed by atoms with Crippen molar-refractivity contribution < 1.29 is 4.74 Å². The Kier molecular flexibility index (Phi) is 3.08. The first-order valence-corrected chi connectivity index (χ1v) is 5.09. The molecule has 7 nitrogen and oxygen atoms in total. The lowest BCUT2D eigenvalue weighted by molar-refractivity contribution is 0.417. The van der Waals surface area contributed by atoms with Crippen molar-refractivity contribution in [2.75, 3.05) is 18.2 Å². The number of nitrogens with two attached hydrogens (primary N) is 1. The van der Waals surface area contributed by atoms with Gasteiger partial charge in [0.15, 0.2) is 0 Å². The summed E-state index contributed by atoms with van der Waals surface area (Å²) in [5, 5.41) is 14.2. The van der Waals surface area contributed by atoms with Crippen LogP contribution in [0.25, 0.3) is 0 Å². The summed E-state index contributed by atoms with van der Waals surface area (Å²) >= 11 is 0. The third-order valence-corrected chi connectivity index (χ3v) is 2.36. The number of benzene rings is 1. The van der Waals surface area contributed by atoms with E-state index >= 15 is 0 Å². The van der Waals surface area contributed by atoms with E-state index in [0.29, 0.717) is 23.9 Å². The van der Waals surface area contributed by atoms with Crippen LogP contribution < -0.4 is 15.8 Å². The first kappa shape index (κ1) is 11.2. The number of tetrazole rings is 1. The van der Waals surface area contributed by atoms with Crippen molar-refractivity contribution in [2.24, 2.45) is 7.05 Å². The summed E-state index contributed by atoms with van der Waals surface area (Å²) in [6.45, 7) is 0.600. The Hall–Kier alpha value is -2.31. The van der Waals surface area contributed by atoms with E-state index < -0.39 is 0 Å². The van der Waals surface area contributed by atoms with Crippen LogP contribution in [0.4, 0.5) is 11.6 Å². The molecule has 1 aromatic carbocycles. The number of aromatic nitrogens is 4. The second-order valence-electron chi connectivity index (χ2n) is 3.56. The average molecular weight is 234 g/mol. The third kappa shape index (κ3) is 2.44. The highest BCUT2D eigenvalue weighted by molar-refractivity contribution is 5.54. The largest absolute Gasteiger partial charge is 0.495 e. The predicted molar refractivity (Wildman–Crippen MR) is 63.5 cm³/mol. The van der Waals surface area contributed by atoms with Gasteiger partial charge >= 0.3 is 0 Å². The lowest BCUT2D eigenvalue weighted by Crippen LogP contribution is -2.06. The molecular weight excluding hydrogens is 220 g/mol. The van der Waals surface area contributed by atoms with E-state index in [1.807, 2.05) is 18.2 Å². The van der Waals surface area contributed by atoms with Crippen molar-refractivity contribution in [1.29, 1.82) is 0 Å². The lowest BCUT2D eigenvalue weighted by atomic mass is 10.2. The molecule has 0 atom stereocenters. The smallest absolute Gasteiger partial charge is 0.242 e. The van der Waals surface area contributed by atoms with Crippen LogP contribution >= 0.6 is 0 Å². The Morgan fingerprint density at radius 3 is 2.88 bits per heavy atom. The SMILES string of the molecule is COc1ccc(CNc2nnnn2C)cc1N. The molecule has 90 valence electrons. The number of methoxy groups -OCH3 is 1. The highest BCUT2D eigenvalue weighted by Gasteiger charge is 2.03. The van der Waals surface area contributed by atoms with E-state index in [2.05, 4.69) is 20.8 Å². The number of aryl methyl sites for hydroxylation is 1. The molecule has 2 aromatic rings. The van der Waals surface area contributed by atoms with E-state index in [-0.39, 0.29) is 0 Å². The van der Waals surface area contributed by atoms with Crippen molar-refractivity contribution in [3.63, 3.8) is 0 Å². The van der Waals surface area contributed by atoms with Crippen LogP contribution in [0.15, 0.2) is 18.2 Å². The van der Waals surface area contributed by atoms with Crippen LogP contribution in [-0.2, 0) is 13.6 Å². The molecule has 7 heteroatoms. The number of hydrogen-bond donors (Lipinski definition) is 2. The van der Waals surface area contributed by atoms with Gasteiger partial charge < -0.3 is 15.8 Å². The van der Waals surface area contributed by atoms with Crippen LogP contribution in [0.2, 0.25) is 0 Å². The number of nitrogen functional groups attached to an aromatic ring is 1. The minimum Gasteiger partial charge on any atom is -0.495 e. The van der Waals surface area contributed by atoms with Crippen LogP contribution in [0.1, 0.15) is 5.56 Å². The maximum atomic E-state index is 5.81. The maximum absolute atomic E-state index is 5.81. The minimum absolute atomic E-state index is 0.600. The molecule has 0 saturated carbocycles. The number of nitrogens with zero attached hydrogens (tertiary/aromatic N) is 4. The number of nitrogens with one attached hydrogen (secondary N) is 1. The second-order valence-corrected chi connectivity index (χ2v) is 3.56. The number of rotatable bonds is 4. The Balaban J connectivity index is 2.05. The van der Waals surface area contributed by atoms with Crippen LogP contribution in [-0.4, -0.2) is 27.3 Å². The van der Waals surface area contributed by atoms with Gasteiger partial charge in [-0.1, -0.05) is 11.2 Å². The van der Waals surface area contributed by atoms with Crippen molar-refractivity contribution in [1.82, 2.24) is 20.2 Å². The molecule has 17 heavy (non-hydrogen) atoms. The van der Waals surface area contributed by atoms with E-state index in [4.69, 9.17) is 10.5 Å². The summed E-state index contributed by atoms with van der Waals surface area (Å²) in [4.78, 5) is 0. The monoisotopic (exact) mass is 234 g/mol. The zero-order valence-electron chi connectivity index (χ0n) is 9.71. The van der Waals surface area contributed by atoms with Gasteiger partial charge in [-0.2, -0.15) is 0 Å². The molecule has 1 aromatic heterocycles. The summed E-state index contributed by atoms with van der Waals surface area (Å²) in [5.41, 5.74) is 7.46. The van der Waals surface area contributed by atoms with Gasteiger partial charge in [-0.05, 0) is 28.1 Å². The van der Waals surface area contributed by atoms with Gasteiger partial charge in [-0.15, -0.1) is 0 Å². The van der Waals surface area contributed by atoms with Crippen LogP contribution in [0.5, 0.6) is 5.75 Å². The molecule has 0 fully saturated rings. The fraction of sp³-hybridized carbons (Fsp3) is 0.300. The molecular formula is C10H14N6O. The van der Waals surface area contributed by atoms with Gasteiger partial charge in [0.25, 0.3) is 0 Å². The number of ether oxygens (including phenoxy) is 1. The molecule has 0 aliphatic heterocycles. The summed E-state index contributed by atoms with van der Waals surface area (Å²) < 4.78 is 6.65. The Bertz CT molecular complexity index is 509. The van der Waals surface area contributed by atoms with E-state index in [1.54, 1.807) is 18.8 Å². The Morgan fingerprint density at radius 1 is 1.47 bits per heavy atom. The quantitative estimate of drug-likeness (QED) is 0.745. The van der Waals surface area contributed by atoms with Crippen molar-refractivity contribution in [3.8, 4) is 5.75 Å². The molecule has 0 aliphatic rings. The van der Waals surface area contributed by atoms with Gasteiger partial charge in [0, 0.05) is 13.6 Å². The van der Waals surface area contributed by atoms with Gasteiger partial charge in [-0.3, -0.25) is 0 Å². The fourth-order valence-electron chi connectivity index (χ4n) is 1.45. The highest BCUT2D eigenvalue weighted by Crippen LogP contribution is 2.22. The van der Waals surface area contributed by atoms with Crippen molar-refractivity contribution in [2.45, 2.75) is 6.54 Å². The molecule has 0 spiro atoms.